The largest absolute Gasteiger partial charge is 0.480 e. The van der Waals surface area contributed by atoms with Crippen molar-refractivity contribution < 1.29 is 33.3 Å². The molecule has 3 heterocycles. The van der Waals surface area contributed by atoms with Gasteiger partial charge in [0.15, 0.2) is 5.82 Å². The van der Waals surface area contributed by atoms with Crippen molar-refractivity contribution in [3.63, 3.8) is 0 Å². The summed E-state index contributed by atoms with van der Waals surface area (Å²) in [5.74, 6) is -2.31. The van der Waals surface area contributed by atoms with Gasteiger partial charge in [0.2, 0.25) is 17.7 Å². The zero-order valence-electron chi connectivity index (χ0n) is 19.3. The Hall–Kier alpha value is -4.67. The minimum absolute atomic E-state index is 0.00342. The van der Waals surface area contributed by atoms with Gasteiger partial charge in [-0.3, -0.25) is 4.79 Å². The van der Waals surface area contributed by atoms with Crippen molar-refractivity contribution in [2.45, 2.75) is 19.8 Å². The van der Waals surface area contributed by atoms with E-state index in [1.807, 2.05) is 6.92 Å². The summed E-state index contributed by atoms with van der Waals surface area (Å²) < 4.78 is 20.4. The standard InChI is InChI=1S/C24H22N4O7/c1-15-10-13-25-18(14-15)28-19(34-23(30)16-6-4-11-26-21(16)32-2)8-9-20(29)35-24(31)17-7-5-12-27-22(17)33-3/h4-7,10-14H,8-9H2,1-3H3. The molecule has 0 bridgehead atoms. The average molecular weight is 478 g/mol. The number of pyridine rings is 3. The maximum absolute atomic E-state index is 12.7. The minimum atomic E-state index is -0.920. The fraction of sp³-hybridized carbons (Fsp3) is 0.208. The molecule has 11 heteroatoms. The first kappa shape index (κ1) is 25.0. The summed E-state index contributed by atoms with van der Waals surface area (Å²) in [4.78, 5) is 53.7. The summed E-state index contributed by atoms with van der Waals surface area (Å²) in [6, 6.07) is 9.41. The minimum Gasteiger partial charge on any atom is -0.480 e. The predicted octanol–water partition coefficient (Wildman–Crippen LogP) is 3.25. The molecule has 0 saturated heterocycles. The molecule has 0 saturated carbocycles. The van der Waals surface area contributed by atoms with E-state index in [1.54, 1.807) is 24.4 Å². The molecule has 3 aromatic heterocycles. The van der Waals surface area contributed by atoms with Crippen molar-refractivity contribution in [3.05, 3.63) is 71.7 Å². The van der Waals surface area contributed by atoms with E-state index in [-0.39, 0.29) is 47.4 Å². The monoisotopic (exact) mass is 478 g/mol. The van der Waals surface area contributed by atoms with E-state index in [9.17, 15) is 14.4 Å². The molecule has 0 fully saturated rings. The lowest BCUT2D eigenvalue weighted by molar-refractivity contribution is -0.137. The molecule has 180 valence electrons. The molecule has 11 nitrogen and oxygen atoms in total. The van der Waals surface area contributed by atoms with Gasteiger partial charge in [-0.1, -0.05) is 0 Å². The zero-order valence-corrected chi connectivity index (χ0v) is 19.3. The molecule has 0 amide bonds. The van der Waals surface area contributed by atoms with Crippen molar-refractivity contribution in [1.82, 2.24) is 15.0 Å². The van der Waals surface area contributed by atoms with Crippen LogP contribution in [0, 0.1) is 6.92 Å². The Labute approximate surface area is 200 Å². The van der Waals surface area contributed by atoms with Crippen molar-refractivity contribution in [2.24, 2.45) is 4.99 Å². The number of rotatable bonds is 8. The van der Waals surface area contributed by atoms with Gasteiger partial charge in [0.1, 0.15) is 11.1 Å². The number of esters is 3. The molecule has 0 N–H and O–H groups in total. The Morgan fingerprint density at radius 2 is 1.40 bits per heavy atom. The highest BCUT2D eigenvalue weighted by atomic mass is 16.6. The van der Waals surface area contributed by atoms with Crippen molar-refractivity contribution in [2.75, 3.05) is 14.2 Å². The average Bonchev–Trinajstić information content (AvgIpc) is 2.87. The van der Waals surface area contributed by atoms with E-state index >= 15 is 0 Å². The highest BCUT2D eigenvalue weighted by Gasteiger charge is 2.21. The number of carbonyl (C=O) groups excluding carboxylic acids is 3. The van der Waals surface area contributed by atoms with Crippen LogP contribution in [0.2, 0.25) is 0 Å². The topological polar surface area (TPSA) is 139 Å². The van der Waals surface area contributed by atoms with E-state index in [0.29, 0.717) is 0 Å². The molecular weight excluding hydrogens is 456 g/mol. The van der Waals surface area contributed by atoms with E-state index < -0.39 is 17.9 Å². The Kier molecular flexibility index (Phi) is 8.54. The zero-order chi connectivity index (χ0) is 25.2. The highest BCUT2D eigenvalue weighted by Crippen LogP contribution is 2.18. The fourth-order valence-electron chi connectivity index (χ4n) is 2.84. The molecule has 0 aliphatic carbocycles. The number of hydrogen-bond acceptors (Lipinski definition) is 11. The second-order valence-corrected chi connectivity index (χ2v) is 6.97. The van der Waals surface area contributed by atoms with E-state index in [2.05, 4.69) is 19.9 Å². The fourth-order valence-corrected chi connectivity index (χ4v) is 2.84. The van der Waals surface area contributed by atoms with Gasteiger partial charge in [0.25, 0.3) is 0 Å². The molecule has 0 aromatic carbocycles. The van der Waals surface area contributed by atoms with Crippen LogP contribution in [-0.4, -0.2) is 53.0 Å². The van der Waals surface area contributed by atoms with Gasteiger partial charge in [-0.2, -0.15) is 4.99 Å². The summed E-state index contributed by atoms with van der Waals surface area (Å²) >= 11 is 0. The maximum atomic E-state index is 12.7. The first-order valence-electron chi connectivity index (χ1n) is 10.4. The Bertz CT molecular complexity index is 1260. The predicted molar refractivity (Wildman–Crippen MR) is 123 cm³/mol. The van der Waals surface area contributed by atoms with E-state index in [0.717, 1.165) is 5.56 Å². The molecule has 3 aromatic rings. The number of carbonyl (C=O) groups is 3. The molecule has 0 aliphatic heterocycles. The van der Waals surface area contributed by atoms with Gasteiger partial charge in [-0.25, -0.2) is 24.5 Å². The summed E-state index contributed by atoms with van der Waals surface area (Å²) in [5, 5.41) is 0. The highest BCUT2D eigenvalue weighted by molar-refractivity contribution is 6.02. The Morgan fingerprint density at radius 1 is 0.800 bits per heavy atom. The van der Waals surface area contributed by atoms with Crippen LogP contribution in [0.15, 0.2) is 60.0 Å². The van der Waals surface area contributed by atoms with Crippen LogP contribution in [0.25, 0.3) is 0 Å². The Morgan fingerprint density at radius 3 is 1.97 bits per heavy atom. The quantitative estimate of drug-likeness (QED) is 0.205. The molecule has 3 rings (SSSR count). The van der Waals surface area contributed by atoms with Gasteiger partial charge in [0, 0.05) is 25.0 Å². The molecule has 0 atom stereocenters. The Balaban J connectivity index is 1.75. The molecule has 0 spiro atoms. The number of aliphatic imine (C=N–C) groups is 1. The van der Waals surface area contributed by atoms with Crippen molar-refractivity contribution >= 4 is 29.6 Å². The molecular formula is C24H22N4O7. The summed E-state index contributed by atoms with van der Waals surface area (Å²) in [5.41, 5.74) is 0.950. The van der Waals surface area contributed by atoms with Crippen LogP contribution in [0.1, 0.15) is 39.1 Å². The third-order valence-corrected chi connectivity index (χ3v) is 4.47. The van der Waals surface area contributed by atoms with Gasteiger partial charge in [-0.15, -0.1) is 0 Å². The second kappa shape index (κ2) is 12.0. The first-order chi connectivity index (χ1) is 16.9. The SMILES string of the molecule is COc1ncccc1C(=O)OC(=O)CCC(=Nc1cc(C)ccn1)OC(=O)c1cccnc1OC. The van der Waals surface area contributed by atoms with E-state index in [4.69, 9.17) is 18.9 Å². The number of ether oxygens (including phenoxy) is 4. The number of methoxy groups -OCH3 is 2. The van der Waals surface area contributed by atoms with Crippen LogP contribution in [0.3, 0.4) is 0 Å². The third-order valence-electron chi connectivity index (χ3n) is 4.47. The number of aromatic nitrogens is 3. The smallest absolute Gasteiger partial charge is 0.351 e. The summed E-state index contributed by atoms with van der Waals surface area (Å²) in [7, 11) is 2.71. The van der Waals surface area contributed by atoms with Crippen LogP contribution in [0.4, 0.5) is 5.82 Å². The normalized spacial score (nSPS) is 10.9. The van der Waals surface area contributed by atoms with Crippen LogP contribution in [0.5, 0.6) is 11.8 Å². The van der Waals surface area contributed by atoms with Gasteiger partial charge in [-0.05, 0) is 48.9 Å². The van der Waals surface area contributed by atoms with Gasteiger partial charge in [0.05, 0.1) is 20.6 Å². The van der Waals surface area contributed by atoms with E-state index in [1.165, 1.54) is 44.8 Å². The first-order valence-corrected chi connectivity index (χ1v) is 10.4. The maximum Gasteiger partial charge on any atom is 0.351 e. The lowest BCUT2D eigenvalue weighted by atomic mass is 10.2. The molecule has 0 unspecified atom stereocenters. The van der Waals surface area contributed by atoms with Crippen LogP contribution < -0.4 is 9.47 Å². The molecule has 0 aliphatic rings. The van der Waals surface area contributed by atoms with Gasteiger partial charge >= 0.3 is 17.9 Å². The lowest BCUT2D eigenvalue weighted by Gasteiger charge is -2.10. The van der Waals surface area contributed by atoms with Crippen molar-refractivity contribution in [1.29, 1.82) is 0 Å². The number of aryl methyl sites for hydroxylation is 1. The number of hydrogen-bond donors (Lipinski definition) is 0. The molecule has 35 heavy (non-hydrogen) atoms. The van der Waals surface area contributed by atoms with Gasteiger partial charge < -0.3 is 18.9 Å². The lowest BCUT2D eigenvalue weighted by Crippen LogP contribution is -2.18. The van der Waals surface area contributed by atoms with Crippen LogP contribution in [-0.2, 0) is 14.3 Å². The third kappa shape index (κ3) is 6.90. The van der Waals surface area contributed by atoms with Crippen molar-refractivity contribution in [3.8, 4) is 11.8 Å². The summed E-state index contributed by atoms with van der Waals surface area (Å²) in [6.07, 6.45) is 3.99. The number of nitrogens with zero attached hydrogens (tertiary/aromatic N) is 4. The second-order valence-electron chi connectivity index (χ2n) is 6.97. The summed E-state index contributed by atoms with van der Waals surface area (Å²) in [6.45, 7) is 1.85. The van der Waals surface area contributed by atoms with Crippen LogP contribution >= 0.6 is 0 Å². The molecule has 0 radical (unpaired) electrons.